The molecule has 2 aromatic rings. The maximum Gasteiger partial charge on any atom is 0.119 e. The van der Waals surface area contributed by atoms with Crippen molar-refractivity contribution in [3.8, 4) is 5.75 Å². The van der Waals surface area contributed by atoms with E-state index in [4.69, 9.17) is 9.47 Å². The van der Waals surface area contributed by atoms with E-state index < -0.39 is 0 Å². The van der Waals surface area contributed by atoms with Crippen LogP contribution in [-0.4, -0.2) is 54.6 Å². The predicted octanol–water partition coefficient (Wildman–Crippen LogP) is 3.40. The van der Waals surface area contributed by atoms with Crippen molar-refractivity contribution in [2.24, 2.45) is 5.92 Å². The average Bonchev–Trinajstić information content (AvgIpc) is 3.08. The summed E-state index contributed by atoms with van der Waals surface area (Å²) < 4.78 is 12.8. The first-order valence-electron chi connectivity index (χ1n) is 9.69. The summed E-state index contributed by atoms with van der Waals surface area (Å²) >= 11 is 0. The second kappa shape index (κ2) is 11.1. The van der Waals surface area contributed by atoms with Gasteiger partial charge >= 0.3 is 0 Å². The van der Waals surface area contributed by atoms with Gasteiger partial charge in [-0.1, -0.05) is 26.0 Å². The van der Waals surface area contributed by atoms with Crippen LogP contribution in [0.4, 0.5) is 0 Å². The molecule has 2 rings (SSSR count). The molecule has 0 aliphatic carbocycles. The van der Waals surface area contributed by atoms with Gasteiger partial charge in [0.1, 0.15) is 5.75 Å². The van der Waals surface area contributed by atoms with E-state index in [2.05, 4.69) is 53.8 Å². The summed E-state index contributed by atoms with van der Waals surface area (Å²) in [6.45, 7) is 8.04. The van der Waals surface area contributed by atoms with Crippen molar-refractivity contribution < 1.29 is 14.6 Å². The fourth-order valence-electron chi connectivity index (χ4n) is 3.09. The number of benzene rings is 1. The molecule has 0 aliphatic heterocycles. The Morgan fingerprint density at radius 3 is 2.67 bits per heavy atom. The molecule has 27 heavy (non-hydrogen) atoms. The number of aliphatic hydroxyl groups is 1. The Labute approximate surface area is 163 Å². The lowest BCUT2D eigenvalue weighted by atomic mass is 10.1. The highest BCUT2D eigenvalue weighted by Crippen LogP contribution is 2.16. The molecule has 1 heterocycles. The minimum Gasteiger partial charge on any atom is -0.497 e. The van der Waals surface area contributed by atoms with E-state index in [-0.39, 0.29) is 12.0 Å². The molecule has 0 unspecified atom stereocenters. The normalized spacial score (nSPS) is 12.7. The summed E-state index contributed by atoms with van der Waals surface area (Å²) in [6, 6.07) is 12.4. The standard InChI is InChI=1S/C22H34N2O3/c1-18(2)22(25)17-23(11-7-13-26-3)16-20-9-6-12-24(20)15-19-8-5-10-21(14-19)27-4/h5-6,8-10,12,14,18,22,25H,7,11,13,15-17H2,1-4H3/t22-/m1/s1. The van der Waals surface area contributed by atoms with E-state index in [0.29, 0.717) is 6.54 Å². The summed E-state index contributed by atoms with van der Waals surface area (Å²) in [7, 11) is 3.42. The number of nitrogens with zero attached hydrogens (tertiary/aromatic N) is 2. The van der Waals surface area contributed by atoms with Crippen molar-refractivity contribution in [2.75, 3.05) is 33.9 Å². The lowest BCUT2D eigenvalue weighted by molar-refractivity contribution is 0.0674. The van der Waals surface area contributed by atoms with Gasteiger partial charge in [0.15, 0.2) is 0 Å². The minimum absolute atomic E-state index is 0.249. The third kappa shape index (κ3) is 7.01. The van der Waals surface area contributed by atoms with Gasteiger partial charge in [0, 0.05) is 51.8 Å². The molecule has 0 bridgehead atoms. The zero-order valence-electron chi connectivity index (χ0n) is 17.1. The van der Waals surface area contributed by atoms with Crippen LogP contribution in [0.3, 0.4) is 0 Å². The van der Waals surface area contributed by atoms with Crippen LogP contribution in [0, 0.1) is 5.92 Å². The number of methoxy groups -OCH3 is 2. The quantitative estimate of drug-likeness (QED) is 0.579. The highest BCUT2D eigenvalue weighted by atomic mass is 16.5. The van der Waals surface area contributed by atoms with Gasteiger partial charge < -0.3 is 19.1 Å². The summed E-state index contributed by atoms with van der Waals surface area (Å²) in [5, 5.41) is 10.4. The molecular formula is C22H34N2O3. The zero-order valence-corrected chi connectivity index (χ0v) is 17.1. The maximum atomic E-state index is 10.4. The molecule has 0 saturated carbocycles. The van der Waals surface area contributed by atoms with Crippen molar-refractivity contribution >= 4 is 0 Å². The van der Waals surface area contributed by atoms with Gasteiger partial charge in [-0.2, -0.15) is 0 Å². The fraction of sp³-hybridized carbons (Fsp3) is 0.545. The largest absolute Gasteiger partial charge is 0.497 e. The monoisotopic (exact) mass is 374 g/mol. The molecular weight excluding hydrogens is 340 g/mol. The molecule has 1 aromatic carbocycles. The molecule has 0 spiro atoms. The number of aliphatic hydroxyl groups excluding tert-OH is 1. The molecule has 150 valence electrons. The van der Waals surface area contributed by atoms with Crippen LogP contribution < -0.4 is 4.74 Å². The van der Waals surface area contributed by atoms with Crippen LogP contribution >= 0.6 is 0 Å². The Balaban J connectivity index is 2.07. The van der Waals surface area contributed by atoms with Gasteiger partial charge in [-0.25, -0.2) is 0 Å². The summed E-state index contributed by atoms with van der Waals surface area (Å²) in [4.78, 5) is 2.32. The highest BCUT2D eigenvalue weighted by molar-refractivity contribution is 5.29. The predicted molar refractivity (Wildman–Crippen MR) is 109 cm³/mol. The van der Waals surface area contributed by atoms with Crippen molar-refractivity contribution in [3.63, 3.8) is 0 Å². The van der Waals surface area contributed by atoms with Crippen LogP contribution in [0.1, 0.15) is 31.5 Å². The van der Waals surface area contributed by atoms with Gasteiger partial charge in [0.05, 0.1) is 13.2 Å². The zero-order chi connectivity index (χ0) is 19.6. The summed E-state index contributed by atoms with van der Waals surface area (Å²) in [5.74, 6) is 1.13. The van der Waals surface area contributed by atoms with Crippen molar-refractivity contribution in [3.05, 3.63) is 53.9 Å². The number of aromatic nitrogens is 1. The van der Waals surface area contributed by atoms with Gasteiger partial charge in [-0.15, -0.1) is 0 Å². The number of hydrogen-bond donors (Lipinski definition) is 1. The SMILES string of the molecule is COCCCN(Cc1cccn1Cc1cccc(OC)c1)C[C@@H](O)C(C)C. The second-order valence-electron chi connectivity index (χ2n) is 7.37. The fourth-order valence-corrected chi connectivity index (χ4v) is 3.09. The van der Waals surface area contributed by atoms with Gasteiger partial charge in [-0.05, 0) is 42.2 Å². The third-order valence-electron chi connectivity index (χ3n) is 4.83. The second-order valence-corrected chi connectivity index (χ2v) is 7.37. The average molecular weight is 375 g/mol. The van der Waals surface area contributed by atoms with E-state index in [1.54, 1.807) is 14.2 Å². The van der Waals surface area contributed by atoms with Crippen LogP contribution in [-0.2, 0) is 17.8 Å². The molecule has 1 atom stereocenters. The maximum absolute atomic E-state index is 10.4. The number of ether oxygens (including phenoxy) is 2. The van der Waals surface area contributed by atoms with Gasteiger partial charge in [0.2, 0.25) is 0 Å². The van der Waals surface area contributed by atoms with E-state index in [1.165, 1.54) is 11.3 Å². The third-order valence-corrected chi connectivity index (χ3v) is 4.83. The van der Waals surface area contributed by atoms with E-state index in [1.807, 2.05) is 12.1 Å². The minimum atomic E-state index is -0.325. The Hall–Kier alpha value is -1.82. The van der Waals surface area contributed by atoms with E-state index >= 15 is 0 Å². The number of hydrogen-bond acceptors (Lipinski definition) is 4. The lowest BCUT2D eigenvalue weighted by Crippen LogP contribution is -2.36. The summed E-state index contributed by atoms with van der Waals surface area (Å²) in [6.07, 6.45) is 2.74. The molecule has 0 radical (unpaired) electrons. The Morgan fingerprint density at radius 2 is 1.96 bits per heavy atom. The summed E-state index contributed by atoms with van der Waals surface area (Å²) in [5.41, 5.74) is 2.45. The lowest BCUT2D eigenvalue weighted by Gasteiger charge is -2.27. The topological polar surface area (TPSA) is 46.9 Å². The molecule has 5 heteroatoms. The first-order chi connectivity index (χ1) is 13.0. The van der Waals surface area contributed by atoms with Crippen molar-refractivity contribution in [1.29, 1.82) is 0 Å². The Bertz CT molecular complexity index is 669. The van der Waals surface area contributed by atoms with Crippen LogP contribution in [0.5, 0.6) is 5.75 Å². The Morgan fingerprint density at radius 1 is 1.15 bits per heavy atom. The molecule has 0 aliphatic rings. The smallest absolute Gasteiger partial charge is 0.119 e. The molecule has 0 saturated heterocycles. The van der Waals surface area contributed by atoms with Gasteiger partial charge in [-0.3, -0.25) is 4.90 Å². The van der Waals surface area contributed by atoms with Crippen LogP contribution in [0.25, 0.3) is 0 Å². The molecule has 1 aromatic heterocycles. The molecule has 0 fully saturated rings. The highest BCUT2D eigenvalue weighted by Gasteiger charge is 2.16. The van der Waals surface area contributed by atoms with Crippen LogP contribution in [0.2, 0.25) is 0 Å². The number of rotatable bonds is 12. The van der Waals surface area contributed by atoms with E-state index in [9.17, 15) is 5.11 Å². The van der Waals surface area contributed by atoms with E-state index in [0.717, 1.165) is 38.4 Å². The van der Waals surface area contributed by atoms with Crippen molar-refractivity contribution in [2.45, 2.75) is 39.5 Å². The molecule has 5 nitrogen and oxygen atoms in total. The first-order valence-corrected chi connectivity index (χ1v) is 9.69. The molecule has 0 amide bonds. The van der Waals surface area contributed by atoms with Crippen LogP contribution in [0.15, 0.2) is 42.6 Å². The first kappa shape index (κ1) is 21.5. The van der Waals surface area contributed by atoms with Crippen molar-refractivity contribution in [1.82, 2.24) is 9.47 Å². The van der Waals surface area contributed by atoms with Gasteiger partial charge in [0.25, 0.3) is 0 Å². The Kier molecular flexibility index (Phi) is 8.85. The molecule has 1 N–H and O–H groups in total.